The van der Waals surface area contributed by atoms with Crippen molar-refractivity contribution in [1.82, 2.24) is 0 Å². The average Bonchev–Trinajstić information content (AvgIpc) is 1.31. The predicted octanol–water partition coefficient (Wildman–Crippen LogP) is -0.254. The average molecular weight is 275 g/mol. The van der Waals surface area contributed by atoms with Crippen LogP contribution in [0.4, 0.5) is 0 Å². The second-order valence-electron chi connectivity index (χ2n) is 1.14. The molecule has 0 atom stereocenters. The second-order valence-corrected chi connectivity index (χ2v) is 8.54. The van der Waals surface area contributed by atoms with E-state index in [0.717, 1.165) is 3.85 Å². The molecule has 6 heavy (non-hydrogen) atoms. The van der Waals surface area contributed by atoms with Crippen molar-refractivity contribution in [3.63, 3.8) is 0 Å². The van der Waals surface area contributed by atoms with Gasteiger partial charge in [-0.1, -0.05) is 0 Å². The van der Waals surface area contributed by atoms with E-state index in [4.69, 9.17) is 0 Å². The SMILES string of the molecule is O=[CH][Pb]1=[CH]C=[CH]1. The van der Waals surface area contributed by atoms with Crippen LogP contribution in [-0.2, 0) is 4.79 Å². The molecular formula is C4H4OPb. The minimum absolute atomic E-state index is 1.13. The molecule has 1 heterocycles. The number of hydrogen-bond acceptors (Lipinski definition) is 1. The second kappa shape index (κ2) is 1.77. The van der Waals surface area contributed by atoms with Crippen LogP contribution in [0.25, 0.3) is 0 Å². The first-order valence-corrected chi connectivity index (χ1v) is 8.50. The number of carbonyl (C=O) groups excluding carboxylic acids is 1. The van der Waals surface area contributed by atoms with Crippen molar-refractivity contribution in [2.75, 3.05) is 0 Å². The van der Waals surface area contributed by atoms with Crippen LogP contribution in [0.5, 0.6) is 0 Å². The van der Waals surface area contributed by atoms with E-state index in [0.29, 0.717) is 0 Å². The first-order chi connectivity index (χ1) is 2.93. The summed E-state index contributed by atoms with van der Waals surface area (Å²) >= 11 is -1.55. The predicted molar refractivity (Wildman–Crippen MR) is 27.7 cm³/mol. The molecule has 0 aliphatic carbocycles. The van der Waals surface area contributed by atoms with Crippen LogP contribution in [-0.4, -0.2) is 29.6 Å². The summed E-state index contributed by atoms with van der Waals surface area (Å²) < 4.78 is 5.26. The molecule has 0 fully saturated rings. The van der Waals surface area contributed by atoms with E-state index in [9.17, 15) is 4.79 Å². The van der Waals surface area contributed by atoms with Crippen molar-refractivity contribution in [3.05, 3.63) is 9.71 Å². The molecule has 0 saturated carbocycles. The quantitative estimate of drug-likeness (QED) is 0.476. The van der Waals surface area contributed by atoms with E-state index in [2.05, 4.69) is 7.19 Å². The van der Waals surface area contributed by atoms with Gasteiger partial charge in [-0.2, -0.15) is 0 Å². The van der Waals surface area contributed by atoms with Crippen molar-refractivity contribution in [2.45, 2.75) is 0 Å². The fourth-order valence-corrected chi connectivity index (χ4v) is 2.51. The standard InChI is InChI=1S/C3H3.CHO.Pb/c1-3-2;1-2;/h1-3H;1H;. The Morgan fingerprint density at radius 1 is 1.67 bits per heavy atom. The zero-order valence-electron chi connectivity index (χ0n) is 3.22. The van der Waals surface area contributed by atoms with Gasteiger partial charge in [-0.15, -0.1) is 0 Å². The normalized spacial score (nSPS) is 15.7. The Labute approximate surface area is 44.3 Å². The zero-order chi connectivity index (χ0) is 4.41. The summed E-state index contributed by atoms with van der Waals surface area (Å²) in [6.45, 7) is 0. The van der Waals surface area contributed by atoms with Crippen LogP contribution in [0.1, 0.15) is 0 Å². The Bertz CT molecular complexity index is 120. The van der Waals surface area contributed by atoms with Crippen molar-refractivity contribution in [2.24, 2.45) is 0 Å². The Morgan fingerprint density at radius 3 is 2.33 bits per heavy atom. The summed E-state index contributed by atoms with van der Waals surface area (Å²) in [5.41, 5.74) is 0. The molecule has 0 unspecified atom stereocenters. The van der Waals surface area contributed by atoms with E-state index in [1.165, 1.54) is 0 Å². The van der Waals surface area contributed by atoms with E-state index in [1.54, 1.807) is 0 Å². The van der Waals surface area contributed by atoms with E-state index in [-0.39, 0.29) is 0 Å². The van der Waals surface area contributed by atoms with E-state index >= 15 is 0 Å². The molecule has 0 amide bonds. The first kappa shape index (κ1) is 4.36. The van der Waals surface area contributed by atoms with Gasteiger partial charge in [0.05, 0.1) is 0 Å². The van der Waals surface area contributed by atoms with Crippen LogP contribution in [0.15, 0.2) is 9.71 Å². The molecule has 0 aromatic carbocycles. The number of rotatable bonds is 1. The van der Waals surface area contributed by atoms with Gasteiger partial charge in [-0.3, -0.25) is 0 Å². The molecule has 1 rings (SSSR count). The molecule has 0 radical (unpaired) electrons. The molecule has 0 saturated heterocycles. The van der Waals surface area contributed by atoms with Gasteiger partial charge in [0.1, 0.15) is 0 Å². The topological polar surface area (TPSA) is 17.1 Å². The summed E-state index contributed by atoms with van der Waals surface area (Å²) in [4.78, 5) is 9.80. The molecule has 2 heteroatoms. The molecule has 0 spiro atoms. The van der Waals surface area contributed by atoms with Gasteiger partial charge in [-0.05, 0) is 0 Å². The van der Waals surface area contributed by atoms with Crippen molar-refractivity contribution >= 4 is 29.6 Å². The van der Waals surface area contributed by atoms with Crippen LogP contribution < -0.4 is 0 Å². The van der Waals surface area contributed by atoms with Gasteiger partial charge in [0.15, 0.2) is 0 Å². The van der Waals surface area contributed by atoms with Gasteiger partial charge < -0.3 is 0 Å². The van der Waals surface area contributed by atoms with Gasteiger partial charge >= 0.3 is 44.1 Å². The summed E-state index contributed by atoms with van der Waals surface area (Å²) in [5, 5.41) is 0. The van der Waals surface area contributed by atoms with E-state index in [1.807, 2.05) is 6.08 Å². The Morgan fingerprint density at radius 2 is 2.33 bits per heavy atom. The maximum atomic E-state index is 9.80. The molecule has 1 aliphatic rings. The van der Waals surface area contributed by atoms with Gasteiger partial charge in [0.2, 0.25) is 0 Å². The van der Waals surface area contributed by atoms with Crippen LogP contribution >= 0.6 is 0 Å². The molecule has 0 N–H and O–H groups in total. The third kappa shape index (κ3) is 0.640. The molecule has 0 aromatic rings. The Kier molecular flexibility index (Phi) is 1.29. The maximum absolute atomic E-state index is 9.80. The van der Waals surface area contributed by atoms with Crippen LogP contribution in [0, 0.1) is 0 Å². The fourth-order valence-electron chi connectivity index (χ4n) is 0.286. The zero-order valence-corrected chi connectivity index (χ0v) is 7.11. The van der Waals surface area contributed by atoms with Gasteiger partial charge in [-0.25, -0.2) is 0 Å². The summed E-state index contributed by atoms with van der Waals surface area (Å²) in [7, 11) is 0. The molecule has 1 nitrogen and oxygen atoms in total. The summed E-state index contributed by atoms with van der Waals surface area (Å²) in [6.07, 6.45) is 1.97. The monoisotopic (exact) mass is 276 g/mol. The fraction of sp³-hybridized carbons (Fsp3) is 0. The van der Waals surface area contributed by atoms with Crippen molar-refractivity contribution < 1.29 is 4.79 Å². The van der Waals surface area contributed by atoms with Crippen molar-refractivity contribution in [1.29, 1.82) is 0 Å². The van der Waals surface area contributed by atoms with Crippen LogP contribution in [0.2, 0.25) is 0 Å². The number of hydrogen-bond donors (Lipinski definition) is 0. The summed E-state index contributed by atoms with van der Waals surface area (Å²) in [5.74, 6) is 0. The Hall–Kier alpha value is 0.202. The van der Waals surface area contributed by atoms with Crippen LogP contribution in [0.3, 0.4) is 0 Å². The summed E-state index contributed by atoms with van der Waals surface area (Å²) in [6, 6.07) is 0. The van der Waals surface area contributed by atoms with Gasteiger partial charge in [0, 0.05) is 0 Å². The Balaban J connectivity index is 2.57. The number of carbonyl (C=O) groups is 1. The molecular weight excluding hydrogens is 271 g/mol. The molecule has 1 aliphatic heterocycles. The number of allylic oxidation sites excluding steroid dienone is 1. The van der Waals surface area contributed by atoms with Crippen molar-refractivity contribution in [3.8, 4) is 0 Å². The van der Waals surface area contributed by atoms with Gasteiger partial charge in [0.25, 0.3) is 0 Å². The minimum atomic E-state index is -1.55. The third-order valence-electron chi connectivity index (χ3n) is 0.713. The first-order valence-electron chi connectivity index (χ1n) is 1.77. The molecule has 0 aromatic heterocycles. The molecule has 0 bridgehead atoms. The van der Waals surface area contributed by atoms with E-state index < -0.39 is 22.2 Å². The molecule has 30 valence electrons. The third-order valence-corrected chi connectivity index (χ3v) is 6.26.